The summed E-state index contributed by atoms with van der Waals surface area (Å²) in [5.41, 5.74) is 1.07. The molecule has 23 heavy (non-hydrogen) atoms. The molecule has 1 unspecified atom stereocenters. The third kappa shape index (κ3) is 4.40. The SMILES string of the molecule is CCC(C)NS(=O)(=O)c1ccc(NC(=O)c2cc(C)no2)cc1. The number of carbonyl (C=O) groups is 1. The lowest BCUT2D eigenvalue weighted by molar-refractivity contribution is 0.0988. The summed E-state index contributed by atoms with van der Waals surface area (Å²) in [7, 11) is -3.56. The van der Waals surface area contributed by atoms with Gasteiger partial charge >= 0.3 is 0 Å². The van der Waals surface area contributed by atoms with Gasteiger partial charge in [0.15, 0.2) is 0 Å². The number of rotatable bonds is 6. The Balaban J connectivity index is 2.09. The molecular weight excluding hydrogens is 318 g/mol. The summed E-state index contributed by atoms with van der Waals surface area (Å²) in [5, 5.41) is 6.25. The number of amides is 1. The van der Waals surface area contributed by atoms with Crippen LogP contribution in [-0.2, 0) is 10.0 Å². The van der Waals surface area contributed by atoms with Gasteiger partial charge in [-0.3, -0.25) is 4.79 Å². The average molecular weight is 337 g/mol. The molecule has 2 aromatic rings. The van der Waals surface area contributed by atoms with E-state index in [9.17, 15) is 13.2 Å². The maximum Gasteiger partial charge on any atom is 0.294 e. The third-order valence-corrected chi connectivity index (χ3v) is 4.85. The van der Waals surface area contributed by atoms with Gasteiger partial charge in [-0.25, -0.2) is 13.1 Å². The monoisotopic (exact) mass is 337 g/mol. The van der Waals surface area contributed by atoms with Gasteiger partial charge in [0.2, 0.25) is 15.8 Å². The molecule has 0 fully saturated rings. The number of nitrogens with one attached hydrogen (secondary N) is 2. The number of carbonyl (C=O) groups excluding carboxylic acids is 1. The Morgan fingerprint density at radius 3 is 2.48 bits per heavy atom. The lowest BCUT2D eigenvalue weighted by Crippen LogP contribution is -2.31. The van der Waals surface area contributed by atoms with Gasteiger partial charge in [-0.15, -0.1) is 0 Å². The number of sulfonamides is 1. The van der Waals surface area contributed by atoms with Crippen LogP contribution in [0.1, 0.15) is 36.5 Å². The minimum Gasteiger partial charge on any atom is -0.351 e. The van der Waals surface area contributed by atoms with Crippen molar-refractivity contribution in [1.82, 2.24) is 9.88 Å². The van der Waals surface area contributed by atoms with Gasteiger partial charge in [-0.1, -0.05) is 12.1 Å². The maximum atomic E-state index is 12.1. The largest absolute Gasteiger partial charge is 0.351 e. The molecule has 2 N–H and O–H groups in total. The van der Waals surface area contributed by atoms with Crippen LogP contribution in [0.15, 0.2) is 39.8 Å². The van der Waals surface area contributed by atoms with E-state index in [0.29, 0.717) is 17.8 Å². The molecule has 0 saturated carbocycles. The van der Waals surface area contributed by atoms with Gasteiger partial charge in [-0.05, 0) is 44.5 Å². The van der Waals surface area contributed by atoms with E-state index in [1.54, 1.807) is 13.8 Å². The molecule has 1 aromatic carbocycles. The Morgan fingerprint density at radius 2 is 1.96 bits per heavy atom. The average Bonchev–Trinajstić information content (AvgIpc) is 2.94. The summed E-state index contributed by atoms with van der Waals surface area (Å²) >= 11 is 0. The van der Waals surface area contributed by atoms with E-state index in [-0.39, 0.29) is 16.7 Å². The minimum absolute atomic E-state index is 0.0950. The quantitative estimate of drug-likeness (QED) is 0.842. The van der Waals surface area contributed by atoms with E-state index >= 15 is 0 Å². The summed E-state index contributed by atoms with van der Waals surface area (Å²) in [6.07, 6.45) is 0.698. The highest BCUT2D eigenvalue weighted by molar-refractivity contribution is 7.89. The molecule has 1 amide bonds. The van der Waals surface area contributed by atoms with Crippen LogP contribution in [0.4, 0.5) is 5.69 Å². The van der Waals surface area contributed by atoms with E-state index in [1.165, 1.54) is 30.3 Å². The Morgan fingerprint density at radius 1 is 1.30 bits per heavy atom. The zero-order chi connectivity index (χ0) is 17.0. The van der Waals surface area contributed by atoms with Crippen molar-refractivity contribution in [3.63, 3.8) is 0 Å². The van der Waals surface area contributed by atoms with Crippen molar-refractivity contribution < 1.29 is 17.7 Å². The molecule has 1 heterocycles. The number of aryl methyl sites for hydroxylation is 1. The van der Waals surface area contributed by atoms with E-state index in [1.807, 2.05) is 6.92 Å². The van der Waals surface area contributed by atoms with Gasteiger partial charge in [0, 0.05) is 17.8 Å². The van der Waals surface area contributed by atoms with Crippen LogP contribution in [0.2, 0.25) is 0 Å². The molecule has 0 aliphatic rings. The second-order valence-electron chi connectivity index (χ2n) is 5.24. The fraction of sp³-hybridized carbons (Fsp3) is 0.333. The molecule has 0 aliphatic carbocycles. The van der Waals surface area contributed by atoms with E-state index < -0.39 is 15.9 Å². The van der Waals surface area contributed by atoms with Crippen LogP contribution in [-0.4, -0.2) is 25.5 Å². The first-order valence-corrected chi connectivity index (χ1v) is 8.67. The van der Waals surface area contributed by atoms with Crippen molar-refractivity contribution in [3.8, 4) is 0 Å². The molecule has 8 heteroatoms. The molecule has 0 spiro atoms. The van der Waals surface area contributed by atoms with Crippen LogP contribution < -0.4 is 10.0 Å². The smallest absolute Gasteiger partial charge is 0.294 e. The van der Waals surface area contributed by atoms with Gasteiger partial charge in [0.1, 0.15) is 0 Å². The Bertz CT molecular complexity index is 781. The standard InChI is InChI=1S/C15H19N3O4S/c1-4-10(2)18-23(20,21)13-7-5-12(6-8-13)16-15(19)14-9-11(3)17-22-14/h5-10,18H,4H2,1-3H3,(H,16,19). The first kappa shape index (κ1) is 17.2. The summed E-state index contributed by atoms with van der Waals surface area (Å²) in [4.78, 5) is 12.1. The zero-order valence-corrected chi connectivity index (χ0v) is 14.0. The Labute approximate surface area is 135 Å². The second kappa shape index (κ2) is 6.93. The fourth-order valence-electron chi connectivity index (χ4n) is 1.80. The lowest BCUT2D eigenvalue weighted by atomic mass is 10.3. The summed E-state index contributed by atoms with van der Waals surface area (Å²) in [6.45, 7) is 5.41. The van der Waals surface area contributed by atoms with Crippen molar-refractivity contribution in [2.75, 3.05) is 5.32 Å². The van der Waals surface area contributed by atoms with Crippen molar-refractivity contribution in [2.45, 2.75) is 38.1 Å². The van der Waals surface area contributed by atoms with Crippen molar-refractivity contribution in [1.29, 1.82) is 0 Å². The number of hydrogen-bond donors (Lipinski definition) is 2. The molecule has 0 aliphatic heterocycles. The topological polar surface area (TPSA) is 101 Å². The summed E-state index contributed by atoms with van der Waals surface area (Å²) in [5.74, 6) is -0.350. The van der Waals surface area contributed by atoms with Gasteiger partial charge in [-0.2, -0.15) is 0 Å². The fourth-order valence-corrected chi connectivity index (χ4v) is 3.12. The number of aromatic nitrogens is 1. The van der Waals surface area contributed by atoms with Gasteiger partial charge in [0.05, 0.1) is 10.6 Å². The first-order chi connectivity index (χ1) is 10.8. The van der Waals surface area contributed by atoms with Crippen LogP contribution in [0, 0.1) is 6.92 Å². The summed E-state index contributed by atoms with van der Waals surface area (Å²) in [6, 6.07) is 7.29. The Hall–Kier alpha value is -2.19. The molecular formula is C15H19N3O4S. The number of anilines is 1. The van der Waals surface area contributed by atoms with Crippen LogP contribution in [0.25, 0.3) is 0 Å². The molecule has 2 rings (SSSR count). The molecule has 1 aromatic heterocycles. The van der Waals surface area contributed by atoms with E-state index in [2.05, 4.69) is 15.2 Å². The molecule has 124 valence electrons. The molecule has 0 bridgehead atoms. The van der Waals surface area contributed by atoms with Crippen molar-refractivity contribution >= 4 is 21.6 Å². The highest BCUT2D eigenvalue weighted by Crippen LogP contribution is 2.16. The van der Waals surface area contributed by atoms with E-state index in [0.717, 1.165) is 0 Å². The zero-order valence-electron chi connectivity index (χ0n) is 13.2. The third-order valence-electron chi connectivity index (χ3n) is 3.24. The van der Waals surface area contributed by atoms with Crippen LogP contribution in [0.5, 0.6) is 0 Å². The first-order valence-electron chi connectivity index (χ1n) is 7.19. The second-order valence-corrected chi connectivity index (χ2v) is 6.96. The Kier molecular flexibility index (Phi) is 5.17. The predicted molar refractivity (Wildman–Crippen MR) is 85.7 cm³/mol. The highest BCUT2D eigenvalue weighted by atomic mass is 32.2. The van der Waals surface area contributed by atoms with Crippen LogP contribution >= 0.6 is 0 Å². The minimum atomic E-state index is -3.56. The summed E-state index contributed by atoms with van der Waals surface area (Å²) < 4.78 is 31.7. The molecule has 1 atom stereocenters. The van der Waals surface area contributed by atoms with Gasteiger partial charge in [0.25, 0.3) is 5.91 Å². The van der Waals surface area contributed by atoms with Gasteiger partial charge < -0.3 is 9.84 Å². The predicted octanol–water partition coefficient (Wildman–Crippen LogP) is 2.31. The van der Waals surface area contributed by atoms with Crippen LogP contribution in [0.3, 0.4) is 0 Å². The maximum absolute atomic E-state index is 12.1. The number of benzene rings is 1. The number of nitrogens with zero attached hydrogens (tertiary/aromatic N) is 1. The number of hydrogen-bond acceptors (Lipinski definition) is 5. The lowest BCUT2D eigenvalue weighted by Gasteiger charge is -2.12. The molecule has 7 nitrogen and oxygen atoms in total. The normalized spacial score (nSPS) is 12.8. The molecule has 0 radical (unpaired) electrons. The van der Waals surface area contributed by atoms with E-state index in [4.69, 9.17) is 4.52 Å². The van der Waals surface area contributed by atoms with Crippen molar-refractivity contribution in [3.05, 3.63) is 41.8 Å². The molecule has 0 saturated heterocycles. The highest BCUT2D eigenvalue weighted by Gasteiger charge is 2.17. The van der Waals surface area contributed by atoms with Crippen molar-refractivity contribution in [2.24, 2.45) is 0 Å².